The quantitative estimate of drug-likeness (QED) is 0.746. The van der Waals surface area contributed by atoms with Crippen LogP contribution in [0.2, 0.25) is 0 Å². The summed E-state index contributed by atoms with van der Waals surface area (Å²) in [5.74, 6) is 0.593. The Balaban J connectivity index is 1.64. The van der Waals surface area contributed by atoms with Gasteiger partial charge in [0.25, 0.3) is 0 Å². The fourth-order valence-electron chi connectivity index (χ4n) is 2.47. The van der Waals surface area contributed by atoms with Crippen molar-refractivity contribution in [2.24, 2.45) is 0 Å². The van der Waals surface area contributed by atoms with Crippen molar-refractivity contribution < 1.29 is 9.90 Å². The average Bonchev–Trinajstić information content (AvgIpc) is 2.63. The van der Waals surface area contributed by atoms with Crippen LogP contribution in [-0.2, 0) is 11.2 Å². The molecular formula is C20H19N3O2. The van der Waals surface area contributed by atoms with Gasteiger partial charge >= 0.3 is 0 Å². The number of rotatable bonds is 5. The summed E-state index contributed by atoms with van der Waals surface area (Å²) in [6, 6.07) is 16.6. The van der Waals surface area contributed by atoms with Crippen LogP contribution in [0.1, 0.15) is 17.7 Å². The molecule has 126 valence electrons. The highest BCUT2D eigenvalue weighted by Gasteiger charge is 2.09. The van der Waals surface area contributed by atoms with Crippen LogP contribution in [0.3, 0.4) is 0 Å². The summed E-state index contributed by atoms with van der Waals surface area (Å²) in [7, 11) is 0. The van der Waals surface area contributed by atoms with Crippen molar-refractivity contribution in [3.8, 4) is 17.0 Å². The van der Waals surface area contributed by atoms with E-state index in [2.05, 4.69) is 15.3 Å². The van der Waals surface area contributed by atoms with Crippen LogP contribution in [0.25, 0.3) is 11.3 Å². The van der Waals surface area contributed by atoms with E-state index in [9.17, 15) is 9.90 Å². The van der Waals surface area contributed by atoms with Crippen molar-refractivity contribution in [3.05, 3.63) is 72.1 Å². The summed E-state index contributed by atoms with van der Waals surface area (Å²) >= 11 is 0. The van der Waals surface area contributed by atoms with Crippen LogP contribution >= 0.6 is 0 Å². The largest absolute Gasteiger partial charge is 0.508 e. The first-order valence-corrected chi connectivity index (χ1v) is 8.08. The van der Waals surface area contributed by atoms with Crippen molar-refractivity contribution in [3.63, 3.8) is 0 Å². The number of aromatic hydroxyl groups is 1. The van der Waals surface area contributed by atoms with Crippen molar-refractivity contribution in [2.45, 2.75) is 19.8 Å². The summed E-state index contributed by atoms with van der Waals surface area (Å²) in [5.41, 5.74) is 3.33. The lowest BCUT2D eigenvalue weighted by atomic mass is 10.1. The zero-order chi connectivity index (χ0) is 17.6. The second kappa shape index (κ2) is 7.57. The Hall–Kier alpha value is -3.21. The molecule has 0 spiro atoms. The summed E-state index contributed by atoms with van der Waals surface area (Å²) in [6.45, 7) is 1.81. The van der Waals surface area contributed by atoms with Crippen LogP contribution < -0.4 is 5.32 Å². The third-order valence-corrected chi connectivity index (χ3v) is 3.85. The van der Waals surface area contributed by atoms with Crippen LogP contribution in [0.15, 0.2) is 60.8 Å². The molecule has 0 fully saturated rings. The van der Waals surface area contributed by atoms with Crippen LogP contribution in [-0.4, -0.2) is 21.0 Å². The normalized spacial score (nSPS) is 10.4. The Kier molecular flexibility index (Phi) is 5.04. The molecule has 1 amide bonds. The van der Waals surface area contributed by atoms with Gasteiger partial charge in [0.1, 0.15) is 5.75 Å². The second-order valence-corrected chi connectivity index (χ2v) is 5.77. The number of aromatic nitrogens is 2. The third-order valence-electron chi connectivity index (χ3n) is 3.85. The number of phenolic OH excluding ortho intramolecular Hbond substituents is 1. The molecule has 1 heterocycles. The maximum Gasteiger partial charge on any atom is 0.225 e. The molecule has 0 aliphatic rings. The molecule has 0 radical (unpaired) electrons. The molecule has 0 saturated heterocycles. The molecule has 0 saturated carbocycles. The Labute approximate surface area is 146 Å². The van der Waals surface area contributed by atoms with E-state index in [-0.39, 0.29) is 11.7 Å². The van der Waals surface area contributed by atoms with Crippen molar-refractivity contribution in [2.75, 3.05) is 5.32 Å². The molecule has 3 aromatic rings. The van der Waals surface area contributed by atoms with Crippen molar-refractivity contribution in [1.29, 1.82) is 0 Å². The maximum atomic E-state index is 12.1. The van der Waals surface area contributed by atoms with Crippen LogP contribution in [0.4, 0.5) is 5.82 Å². The predicted octanol–water partition coefficient (Wildman–Crippen LogP) is 3.73. The van der Waals surface area contributed by atoms with Crippen molar-refractivity contribution in [1.82, 2.24) is 9.97 Å². The first kappa shape index (κ1) is 16.6. The van der Waals surface area contributed by atoms with E-state index in [0.29, 0.717) is 30.0 Å². The molecule has 0 atom stereocenters. The monoisotopic (exact) mass is 333 g/mol. The fraction of sp³-hybridized carbons (Fsp3) is 0.150. The molecule has 5 heteroatoms. The Morgan fingerprint density at radius 2 is 1.80 bits per heavy atom. The van der Waals surface area contributed by atoms with E-state index in [1.54, 1.807) is 30.5 Å². The highest BCUT2D eigenvalue weighted by molar-refractivity contribution is 5.90. The van der Waals surface area contributed by atoms with Crippen LogP contribution in [0, 0.1) is 6.92 Å². The van der Waals surface area contributed by atoms with Gasteiger partial charge < -0.3 is 10.4 Å². The number of hydrogen-bond donors (Lipinski definition) is 2. The van der Waals surface area contributed by atoms with Gasteiger partial charge in [-0.15, -0.1) is 0 Å². The number of phenols is 1. The van der Waals surface area contributed by atoms with Gasteiger partial charge in [0.15, 0.2) is 5.82 Å². The fourth-order valence-corrected chi connectivity index (χ4v) is 2.47. The van der Waals surface area contributed by atoms with Gasteiger partial charge in [0.2, 0.25) is 5.91 Å². The zero-order valence-corrected chi connectivity index (χ0v) is 13.9. The predicted molar refractivity (Wildman–Crippen MR) is 97.3 cm³/mol. The molecule has 2 aromatic carbocycles. The molecule has 1 aromatic heterocycles. The lowest BCUT2D eigenvalue weighted by molar-refractivity contribution is -0.116. The standard InChI is InChI=1S/C20H19N3O2/c1-14-20(23-19(25)12-7-15-5-3-2-4-6-15)21-13-18(22-14)16-8-10-17(24)11-9-16/h2-6,8-11,13,24H,7,12H2,1H3,(H,21,23,25). The van der Waals surface area contributed by atoms with Crippen molar-refractivity contribution >= 4 is 11.7 Å². The topological polar surface area (TPSA) is 75.1 Å². The molecule has 0 aliphatic heterocycles. The van der Waals surface area contributed by atoms with Gasteiger partial charge in [0.05, 0.1) is 17.6 Å². The van der Waals surface area contributed by atoms with E-state index in [4.69, 9.17) is 0 Å². The molecular weight excluding hydrogens is 314 g/mol. The second-order valence-electron chi connectivity index (χ2n) is 5.77. The number of carbonyl (C=O) groups excluding carboxylic acids is 1. The zero-order valence-electron chi connectivity index (χ0n) is 13.9. The van der Waals surface area contributed by atoms with E-state index >= 15 is 0 Å². The minimum Gasteiger partial charge on any atom is -0.508 e. The SMILES string of the molecule is Cc1nc(-c2ccc(O)cc2)cnc1NC(=O)CCc1ccccc1. The molecule has 0 aliphatic carbocycles. The summed E-state index contributed by atoms with van der Waals surface area (Å²) in [5, 5.41) is 12.2. The van der Waals surface area contributed by atoms with Gasteiger partial charge in [-0.3, -0.25) is 4.79 Å². The number of benzene rings is 2. The average molecular weight is 333 g/mol. The maximum absolute atomic E-state index is 12.1. The van der Waals surface area contributed by atoms with Gasteiger partial charge in [-0.25, -0.2) is 9.97 Å². The summed E-state index contributed by atoms with van der Waals surface area (Å²) in [6.07, 6.45) is 2.70. The Bertz CT molecular complexity index is 862. The third kappa shape index (κ3) is 4.41. The number of nitrogens with one attached hydrogen (secondary N) is 1. The highest BCUT2D eigenvalue weighted by atomic mass is 16.3. The number of nitrogens with zero attached hydrogens (tertiary/aromatic N) is 2. The molecule has 5 nitrogen and oxygen atoms in total. The number of carbonyl (C=O) groups is 1. The summed E-state index contributed by atoms with van der Waals surface area (Å²) in [4.78, 5) is 20.9. The van der Waals surface area contributed by atoms with Crippen LogP contribution in [0.5, 0.6) is 5.75 Å². The molecule has 2 N–H and O–H groups in total. The first-order valence-electron chi connectivity index (χ1n) is 8.08. The van der Waals surface area contributed by atoms with E-state index < -0.39 is 0 Å². The summed E-state index contributed by atoms with van der Waals surface area (Å²) < 4.78 is 0. The highest BCUT2D eigenvalue weighted by Crippen LogP contribution is 2.21. The Morgan fingerprint density at radius 3 is 2.48 bits per heavy atom. The molecule has 25 heavy (non-hydrogen) atoms. The van der Waals surface area contributed by atoms with E-state index in [1.807, 2.05) is 37.3 Å². The molecule has 3 rings (SSSR count). The number of aryl methyl sites for hydroxylation is 2. The molecule has 0 bridgehead atoms. The molecule has 0 unspecified atom stereocenters. The van der Waals surface area contributed by atoms with E-state index in [0.717, 1.165) is 11.1 Å². The lowest BCUT2D eigenvalue weighted by Gasteiger charge is -2.09. The van der Waals surface area contributed by atoms with Gasteiger partial charge in [-0.2, -0.15) is 0 Å². The lowest BCUT2D eigenvalue weighted by Crippen LogP contribution is -2.15. The number of anilines is 1. The minimum atomic E-state index is -0.0846. The van der Waals surface area contributed by atoms with Gasteiger partial charge in [-0.05, 0) is 43.2 Å². The van der Waals surface area contributed by atoms with Gasteiger partial charge in [0, 0.05) is 12.0 Å². The first-order chi connectivity index (χ1) is 12.1. The number of amides is 1. The number of hydrogen-bond acceptors (Lipinski definition) is 4. The minimum absolute atomic E-state index is 0.0846. The Morgan fingerprint density at radius 1 is 1.08 bits per heavy atom. The van der Waals surface area contributed by atoms with E-state index in [1.165, 1.54) is 0 Å². The van der Waals surface area contributed by atoms with Gasteiger partial charge in [-0.1, -0.05) is 30.3 Å². The smallest absolute Gasteiger partial charge is 0.225 e.